The molecule has 1 heterocycles. The summed E-state index contributed by atoms with van der Waals surface area (Å²) < 4.78 is 7.14. The minimum absolute atomic E-state index is 0.165. The van der Waals surface area contributed by atoms with Crippen molar-refractivity contribution in [2.75, 3.05) is 4.90 Å². The quantitative estimate of drug-likeness (QED) is 0.175. The SMILES string of the molecule is CC1(C)c2ccccc2-c2ccc(N(c3ccc(-c4ccc5c(c4)-c4ccccc4C54c5ccccc5C=Cc5ccccc54)cc3)c3cccc4c3Oc3ccccc3-c3ccccc3-4)cc21. The molecular formula is C66H45NO. The highest BCUT2D eigenvalue weighted by atomic mass is 16.5. The molecule has 68 heavy (non-hydrogen) atoms. The smallest absolute Gasteiger partial charge is 0.159 e. The maximum absolute atomic E-state index is 7.14. The van der Waals surface area contributed by atoms with Gasteiger partial charge in [0.1, 0.15) is 5.75 Å². The average molecular weight is 868 g/mol. The van der Waals surface area contributed by atoms with E-state index >= 15 is 0 Å². The molecule has 320 valence electrons. The Morgan fingerprint density at radius 3 is 1.57 bits per heavy atom. The molecule has 1 aliphatic heterocycles. The molecule has 0 bridgehead atoms. The lowest BCUT2D eigenvalue weighted by molar-refractivity contribution is 0.489. The summed E-state index contributed by atoms with van der Waals surface area (Å²) >= 11 is 0. The molecule has 0 unspecified atom stereocenters. The minimum atomic E-state index is -0.450. The molecular weight excluding hydrogens is 823 g/mol. The van der Waals surface area contributed by atoms with Crippen LogP contribution in [0.15, 0.2) is 224 Å². The number of ether oxygens (including phenoxy) is 1. The Balaban J connectivity index is 0.935. The largest absolute Gasteiger partial charge is 0.454 e. The van der Waals surface area contributed by atoms with E-state index in [1.165, 1.54) is 77.9 Å². The van der Waals surface area contributed by atoms with Gasteiger partial charge in [-0.05, 0) is 131 Å². The Kier molecular flexibility index (Phi) is 8.28. The number of hydrogen-bond donors (Lipinski definition) is 0. The van der Waals surface area contributed by atoms with Crippen LogP contribution in [0.25, 0.3) is 67.8 Å². The van der Waals surface area contributed by atoms with Gasteiger partial charge in [0.15, 0.2) is 5.75 Å². The number of fused-ring (bicyclic) bond motifs is 17. The van der Waals surface area contributed by atoms with Gasteiger partial charge in [-0.3, -0.25) is 0 Å². The maximum Gasteiger partial charge on any atom is 0.159 e. The lowest BCUT2D eigenvalue weighted by Crippen LogP contribution is -2.29. The number of benzene rings is 10. The standard InChI is InChI=1S/C66H45NO/c1-65(2)58-26-12-7-20-50(58)52-38-37-47(41-61(52)65)67(62-28-15-23-54-49-19-6-5-18-48(49)53-22-9-14-29-63(53)68-64(54)62)46-35-32-42(33-36-46)45-34-39-60-55(40-45)51-21-8-13-27-59(51)66(60)56-24-10-3-16-43(56)30-31-44-17-4-11-25-57(44)66/h3-41H,1-2H3. The highest BCUT2D eigenvalue weighted by Gasteiger charge is 2.48. The Hall–Kier alpha value is -8.46. The summed E-state index contributed by atoms with van der Waals surface area (Å²) in [6.45, 7) is 4.71. The lowest BCUT2D eigenvalue weighted by atomic mass is 9.66. The van der Waals surface area contributed by atoms with Crippen LogP contribution >= 0.6 is 0 Å². The van der Waals surface area contributed by atoms with Gasteiger partial charge < -0.3 is 9.64 Å². The molecule has 3 aliphatic carbocycles. The van der Waals surface area contributed by atoms with Crippen molar-refractivity contribution in [3.63, 3.8) is 0 Å². The summed E-state index contributed by atoms with van der Waals surface area (Å²) in [6, 6.07) is 82.9. The minimum Gasteiger partial charge on any atom is -0.454 e. The molecule has 0 N–H and O–H groups in total. The molecule has 0 amide bonds. The van der Waals surface area contributed by atoms with Gasteiger partial charge in [0.2, 0.25) is 0 Å². The second kappa shape index (κ2) is 14.5. The number of hydrogen-bond acceptors (Lipinski definition) is 2. The zero-order chi connectivity index (χ0) is 45.1. The third kappa shape index (κ3) is 5.40. The second-order valence-corrected chi connectivity index (χ2v) is 19.1. The molecule has 2 nitrogen and oxygen atoms in total. The Morgan fingerprint density at radius 1 is 0.338 bits per heavy atom. The van der Waals surface area contributed by atoms with Crippen LogP contribution in [0.5, 0.6) is 11.5 Å². The van der Waals surface area contributed by atoms with Crippen LogP contribution in [0, 0.1) is 0 Å². The van der Waals surface area contributed by atoms with E-state index in [2.05, 4.69) is 255 Å². The predicted molar refractivity (Wildman–Crippen MR) is 281 cm³/mol. The highest BCUT2D eigenvalue weighted by molar-refractivity contribution is 5.97. The van der Waals surface area contributed by atoms with E-state index < -0.39 is 5.41 Å². The molecule has 10 aromatic carbocycles. The van der Waals surface area contributed by atoms with Crippen LogP contribution < -0.4 is 9.64 Å². The third-order valence-corrected chi connectivity index (χ3v) is 15.3. The fourth-order valence-electron chi connectivity index (χ4n) is 12.3. The molecule has 0 aromatic heterocycles. The van der Waals surface area contributed by atoms with Gasteiger partial charge in [0.25, 0.3) is 0 Å². The normalized spacial score (nSPS) is 14.3. The average Bonchev–Trinajstić information content (AvgIpc) is 3.66. The summed E-state index contributed by atoms with van der Waals surface area (Å²) in [5, 5.41) is 0. The monoisotopic (exact) mass is 867 g/mol. The van der Waals surface area contributed by atoms with Crippen molar-refractivity contribution in [1.82, 2.24) is 0 Å². The summed E-state index contributed by atoms with van der Waals surface area (Å²) in [7, 11) is 0. The third-order valence-electron chi connectivity index (χ3n) is 15.3. The molecule has 1 spiro atoms. The van der Waals surface area contributed by atoms with Crippen LogP contribution in [0.4, 0.5) is 17.1 Å². The Labute approximate surface area is 397 Å². The zero-order valence-corrected chi connectivity index (χ0v) is 37.9. The first-order chi connectivity index (χ1) is 33.5. The van der Waals surface area contributed by atoms with Crippen LogP contribution in [-0.4, -0.2) is 0 Å². The first-order valence-corrected chi connectivity index (χ1v) is 23.7. The molecule has 0 radical (unpaired) electrons. The molecule has 0 atom stereocenters. The van der Waals surface area contributed by atoms with Gasteiger partial charge >= 0.3 is 0 Å². The highest BCUT2D eigenvalue weighted by Crippen LogP contribution is 2.60. The van der Waals surface area contributed by atoms with Crippen molar-refractivity contribution in [2.24, 2.45) is 0 Å². The molecule has 10 aromatic rings. The van der Waals surface area contributed by atoms with Crippen LogP contribution in [0.2, 0.25) is 0 Å². The number of anilines is 3. The van der Waals surface area contributed by atoms with E-state index in [1.54, 1.807) is 0 Å². The number of para-hydroxylation sites is 2. The fourth-order valence-corrected chi connectivity index (χ4v) is 12.3. The van der Waals surface area contributed by atoms with E-state index in [-0.39, 0.29) is 5.41 Å². The molecule has 0 saturated carbocycles. The molecule has 14 rings (SSSR count). The molecule has 4 aliphatic rings. The Bertz CT molecular complexity index is 3710. The van der Waals surface area contributed by atoms with Gasteiger partial charge in [-0.25, -0.2) is 0 Å². The van der Waals surface area contributed by atoms with E-state index in [1.807, 2.05) is 0 Å². The van der Waals surface area contributed by atoms with Crippen molar-refractivity contribution < 1.29 is 4.74 Å². The van der Waals surface area contributed by atoms with Crippen molar-refractivity contribution in [2.45, 2.75) is 24.7 Å². The van der Waals surface area contributed by atoms with E-state index in [0.717, 1.165) is 50.8 Å². The summed E-state index contributed by atoms with van der Waals surface area (Å²) in [5.74, 6) is 1.68. The van der Waals surface area contributed by atoms with Gasteiger partial charge in [-0.1, -0.05) is 208 Å². The zero-order valence-electron chi connectivity index (χ0n) is 37.9. The fraction of sp³-hybridized carbons (Fsp3) is 0.0606. The lowest BCUT2D eigenvalue weighted by Gasteiger charge is -2.35. The van der Waals surface area contributed by atoms with Gasteiger partial charge in [-0.15, -0.1) is 0 Å². The van der Waals surface area contributed by atoms with E-state index in [9.17, 15) is 0 Å². The maximum atomic E-state index is 7.14. The van der Waals surface area contributed by atoms with E-state index in [4.69, 9.17) is 4.74 Å². The van der Waals surface area contributed by atoms with Crippen molar-refractivity contribution in [3.8, 4) is 67.1 Å². The topological polar surface area (TPSA) is 12.5 Å². The van der Waals surface area contributed by atoms with Gasteiger partial charge in [0, 0.05) is 27.9 Å². The molecule has 0 saturated heterocycles. The van der Waals surface area contributed by atoms with E-state index in [0.29, 0.717) is 0 Å². The second-order valence-electron chi connectivity index (χ2n) is 19.1. The molecule has 0 fully saturated rings. The first kappa shape index (κ1) is 38.8. The molecule has 2 heteroatoms. The first-order valence-electron chi connectivity index (χ1n) is 23.7. The summed E-state index contributed by atoms with van der Waals surface area (Å²) in [4.78, 5) is 2.40. The number of rotatable bonds is 4. The van der Waals surface area contributed by atoms with Gasteiger partial charge in [0.05, 0.1) is 11.1 Å². The number of nitrogens with zero attached hydrogens (tertiary/aromatic N) is 1. The van der Waals surface area contributed by atoms with Crippen LogP contribution in [0.3, 0.4) is 0 Å². The predicted octanol–water partition coefficient (Wildman–Crippen LogP) is 17.4. The van der Waals surface area contributed by atoms with Crippen LogP contribution in [0.1, 0.15) is 58.4 Å². The van der Waals surface area contributed by atoms with Crippen molar-refractivity contribution in [3.05, 3.63) is 269 Å². The Morgan fingerprint density at radius 2 is 0.853 bits per heavy atom. The summed E-state index contributed by atoms with van der Waals surface area (Å²) in [5.41, 5.74) is 25.0. The van der Waals surface area contributed by atoms with Crippen molar-refractivity contribution >= 4 is 29.2 Å². The summed E-state index contributed by atoms with van der Waals surface area (Å²) in [6.07, 6.45) is 4.59. The van der Waals surface area contributed by atoms with Gasteiger partial charge in [-0.2, -0.15) is 0 Å². The van der Waals surface area contributed by atoms with Crippen LogP contribution in [-0.2, 0) is 10.8 Å². The van der Waals surface area contributed by atoms with Crippen molar-refractivity contribution in [1.29, 1.82) is 0 Å².